The van der Waals surface area contributed by atoms with Crippen molar-refractivity contribution in [1.29, 1.82) is 0 Å². The molecule has 0 spiro atoms. The van der Waals surface area contributed by atoms with Crippen LogP contribution in [0.15, 0.2) is 31.2 Å². The number of hydrogen-bond donors (Lipinski definition) is 2. The zero-order valence-corrected chi connectivity index (χ0v) is 15.0. The highest BCUT2D eigenvalue weighted by atomic mass is 32.2. The Morgan fingerprint density at radius 1 is 1.19 bits per heavy atom. The third kappa shape index (κ3) is 2.99. The van der Waals surface area contributed by atoms with Crippen LogP contribution >= 0.6 is 0 Å². The summed E-state index contributed by atoms with van der Waals surface area (Å²) in [5, 5.41) is 0. The lowest BCUT2D eigenvalue weighted by atomic mass is 10.4. The molecule has 0 amide bonds. The Morgan fingerprint density at radius 2 is 1.85 bits per heavy atom. The smallest absolute Gasteiger partial charge is 0.332 e. The highest BCUT2D eigenvalue weighted by molar-refractivity contribution is 7.85. The van der Waals surface area contributed by atoms with Crippen molar-refractivity contribution >= 4 is 21.3 Å². The van der Waals surface area contributed by atoms with E-state index in [-0.39, 0.29) is 29.3 Å². The van der Waals surface area contributed by atoms with Gasteiger partial charge in [0.1, 0.15) is 11.2 Å². The molecule has 0 unspecified atom stereocenters. The third-order valence-electron chi connectivity index (χ3n) is 3.86. The number of hydrogen-bond acceptors (Lipinski definition) is 6. The fourth-order valence-electron chi connectivity index (χ4n) is 2.71. The van der Waals surface area contributed by atoms with Gasteiger partial charge >= 0.3 is 5.69 Å². The molecule has 0 bridgehead atoms. The molecule has 3 aromatic rings. The molecule has 0 saturated heterocycles. The molecule has 0 saturated carbocycles. The van der Waals surface area contributed by atoms with Crippen LogP contribution in [-0.2, 0) is 23.2 Å². The highest BCUT2D eigenvalue weighted by Crippen LogP contribution is 2.23. The highest BCUT2D eigenvalue weighted by Gasteiger charge is 2.20. The Kier molecular flexibility index (Phi) is 4.59. The minimum Gasteiger partial charge on any atom is -0.460 e. The molecule has 11 heteroatoms. The lowest BCUT2D eigenvalue weighted by Gasteiger charge is -2.09. The fraction of sp³-hybridized carbons (Fsp3) is 0.400. The van der Waals surface area contributed by atoms with Gasteiger partial charge in [0.25, 0.3) is 15.7 Å². The topological polar surface area (TPSA) is 140 Å². The summed E-state index contributed by atoms with van der Waals surface area (Å²) in [6.45, 7) is 4.40. The maximum atomic E-state index is 12.6. The van der Waals surface area contributed by atoms with Crippen LogP contribution in [0.4, 0.5) is 0 Å². The molecule has 0 fully saturated rings. The van der Waals surface area contributed by atoms with Crippen molar-refractivity contribution in [1.82, 2.24) is 19.1 Å². The number of nitrogens with one attached hydrogen (secondary N) is 1. The summed E-state index contributed by atoms with van der Waals surface area (Å²) in [5.41, 5.74) is -0.637. The molecular formula is C15H18N4O6S. The van der Waals surface area contributed by atoms with E-state index in [9.17, 15) is 18.0 Å². The summed E-state index contributed by atoms with van der Waals surface area (Å²) in [6.07, 6.45) is 2.14. The lowest BCUT2D eigenvalue weighted by molar-refractivity contribution is 0.480. The first kappa shape index (κ1) is 18.1. The van der Waals surface area contributed by atoms with E-state index < -0.39 is 26.3 Å². The third-order valence-corrected chi connectivity index (χ3v) is 4.67. The first-order chi connectivity index (χ1) is 12.3. The maximum Gasteiger partial charge on any atom is 0.332 e. The average molecular weight is 382 g/mol. The van der Waals surface area contributed by atoms with Crippen molar-refractivity contribution in [2.75, 3.05) is 0 Å². The number of nitrogens with zero attached hydrogens (tertiary/aromatic N) is 3. The summed E-state index contributed by atoms with van der Waals surface area (Å²) in [6, 6.07) is 1.08. The number of furan rings is 1. The fourth-order valence-corrected chi connectivity index (χ4v) is 3.13. The van der Waals surface area contributed by atoms with Gasteiger partial charge in [-0.25, -0.2) is 9.78 Å². The van der Waals surface area contributed by atoms with Gasteiger partial charge in [-0.15, -0.1) is 0 Å². The molecular weight excluding hydrogens is 364 g/mol. The summed E-state index contributed by atoms with van der Waals surface area (Å²) < 4.78 is 39.1. The van der Waals surface area contributed by atoms with Gasteiger partial charge in [-0.1, -0.05) is 13.8 Å². The first-order valence-electron chi connectivity index (χ1n) is 8.07. The van der Waals surface area contributed by atoms with Gasteiger partial charge in [0.2, 0.25) is 0 Å². The van der Waals surface area contributed by atoms with Crippen molar-refractivity contribution < 1.29 is 17.4 Å². The second-order valence-electron chi connectivity index (χ2n) is 5.80. The predicted octanol–water partition coefficient (Wildman–Crippen LogP) is 1.21. The molecule has 26 heavy (non-hydrogen) atoms. The number of aromatic nitrogens is 4. The number of fused-ring (bicyclic) bond motifs is 1. The van der Waals surface area contributed by atoms with E-state index in [2.05, 4.69) is 9.97 Å². The minimum atomic E-state index is -4.42. The van der Waals surface area contributed by atoms with Gasteiger partial charge in [-0.3, -0.25) is 18.5 Å². The molecule has 2 N–H and O–H groups in total. The molecule has 3 heterocycles. The second-order valence-corrected chi connectivity index (χ2v) is 7.22. The number of rotatable bonds is 6. The first-order valence-corrected chi connectivity index (χ1v) is 9.51. The standard InChI is InChI=1S/C15H18N4O6S/c1-3-5-18-13-11(14(20)19(6-4-2)15(18)21)16-12(17-13)10-7-9(8-25-10)26(22,23)24/h7-8H,3-6H2,1-2H3,(H,16,17)(H,22,23,24). The monoisotopic (exact) mass is 382 g/mol. The molecule has 3 aromatic heterocycles. The van der Waals surface area contributed by atoms with Gasteiger partial charge in [0.05, 0.1) is 0 Å². The number of aromatic amines is 1. The van der Waals surface area contributed by atoms with E-state index in [0.717, 1.165) is 16.9 Å². The molecule has 3 rings (SSSR count). The predicted molar refractivity (Wildman–Crippen MR) is 92.7 cm³/mol. The Morgan fingerprint density at radius 3 is 2.42 bits per heavy atom. The lowest BCUT2D eigenvalue weighted by Crippen LogP contribution is -2.40. The van der Waals surface area contributed by atoms with Crippen molar-refractivity contribution in [2.24, 2.45) is 0 Å². The molecule has 0 atom stereocenters. The zero-order chi connectivity index (χ0) is 19.1. The molecule has 0 aliphatic rings. The van der Waals surface area contributed by atoms with Crippen molar-refractivity contribution in [3.8, 4) is 11.6 Å². The minimum absolute atomic E-state index is 0.0192. The summed E-state index contributed by atoms with van der Waals surface area (Å²) in [5.74, 6) is 0.108. The van der Waals surface area contributed by atoms with Crippen molar-refractivity contribution in [3.63, 3.8) is 0 Å². The van der Waals surface area contributed by atoms with E-state index in [4.69, 9.17) is 8.97 Å². The van der Waals surface area contributed by atoms with E-state index >= 15 is 0 Å². The second kappa shape index (κ2) is 6.57. The Bertz CT molecular complexity index is 1180. The molecule has 0 aliphatic carbocycles. The van der Waals surface area contributed by atoms with Crippen LogP contribution in [0.1, 0.15) is 26.7 Å². The van der Waals surface area contributed by atoms with E-state index in [1.807, 2.05) is 13.8 Å². The molecule has 0 aromatic carbocycles. The van der Waals surface area contributed by atoms with Crippen LogP contribution in [-0.4, -0.2) is 32.1 Å². The Labute approximate surface area is 147 Å². The largest absolute Gasteiger partial charge is 0.460 e. The molecule has 0 aliphatic heterocycles. The Hall–Kier alpha value is -2.66. The van der Waals surface area contributed by atoms with Crippen LogP contribution in [0, 0.1) is 0 Å². The van der Waals surface area contributed by atoms with E-state index in [0.29, 0.717) is 19.4 Å². The number of imidazole rings is 1. The van der Waals surface area contributed by atoms with Crippen molar-refractivity contribution in [3.05, 3.63) is 33.2 Å². The maximum absolute atomic E-state index is 12.6. The molecule has 10 nitrogen and oxygen atoms in total. The summed E-state index contributed by atoms with van der Waals surface area (Å²) >= 11 is 0. The van der Waals surface area contributed by atoms with Gasteiger partial charge in [0, 0.05) is 19.2 Å². The van der Waals surface area contributed by atoms with Gasteiger partial charge in [-0.2, -0.15) is 8.42 Å². The van der Waals surface area contributed by atoms with E-state index in [1.54, 1.807) is 0 Å². The molecule has 0 radical (unpaired) electrons. The normalized spacial score (nSPS) is 12.1. The van der Waals surface area contributed by atoms with Crippen LogP contribution in [0.5, 0.6) is 0 Å². The van der Waals surface area contributed by atoms with Crippen LogP contribution < -0.4 is 11.2 Å². The van der Waals surface area contributed by atoms with Gasteiger partial charge in [0.15, 0.2) is 22.7 Å². The van der Waals surface area contributed by atoms with E-state index in [1.165, 1.54) is 4.57 Å². The number of aryl methyl sites for hydroxylation is 1. The van der Waals surface area contributed by atoms with Crippen LogP contribution in [0.25, 0.3) is 22.7 Å². The number of H-pyrrole nitrogens is 1. The SMILES string of the molecule is CCCn1c(=O)c2[nH]c(-c3cc(S(=O)(=O)O)co3)nc2n(CCC)c1=O. The zero-order valence-electron chi connectivity index (χ0n) is 14.2. The van der Waals surface area contributed by atoms with Crippen LogP contribution in [0.3, 0.4) is 0 Å². The van der Waals surface area contributed by atoms with Crippen molar-refractivity contribution in [2.45, 2.75) is 44.7 Å². The van der Waals surface area contributed by atoms with Gasteiger partial charge < -0.3 is 9.40 Å². The Balaban J connectivity index is 2.27. The average Bonchev–Trinajstić information content (AvgIpc) is 3.21. The summed E-state index contributed by atoms with van der Waals surface area (Å²) in [7, 11) is -4.42. The molecule has 140 valence electrons. The van der Waals surface area contributed by atoms with Crippen LogP contribution in [0.2, 0.25) is 0 Å². The van der Waals surface area contributed by atoms with Gasteiger partial charge in [-0.05, 0) is 12.8 Å². The quantitative estimate of drug-likeness (QED) is 0.611. The summed E-state index contributed by atoms with van der Waals surface area (Å²) in [4.78, 5) is 31.8.